The van der Waals surface area contributed by atoms with Gasteiger partial charge in [0.15, 0.2) is 11.5 Å². The van der Waals surface area contributed by atoms with Crippen molar-refractivity contribution in [2.45, 2.75) is 44.3 Å². The number of rotatable bonds is 7. The summed E-state index contributed by atoms with van der Waals surface area (Å²) >= 11 is 1.76. The van der Waals surface area contributed by atoms with Gasteiger partial charge < -0.3 is 20.3 Å². The van der Waals surface area contributed by atoms with Crippen molar-refractivity contribution < 1.29 is 9.32 Å². The SMILES string of the molecule is CC(C)(C)c1cc(NC(=O)Nc2ccc(-n3nc(-c4ccc(NSC5CC5)cc4)c4c(N)ncnc43)cc2)no1. The second-order valence-electron chi connectivity index (χ2n) is 10.7. The Bertz CT molecular complexity index is 1670. The second kappa shape index (κ2) is 10.2. The van der Waals surface area contributed by atoms with Gasteiger partial charge in [-0.15, -0.1) is 0 Å². The quantitative estimate of drug-likeness (QED) is 0.172. The maximum Gasteiger partial charge on any atom is 0.324 e. The molecule has 40 heavy (non-hydrogen) atoms. The van der Waals surface area contributed by atoms with E-state index in [-0.39, 0.29) is 5.41 Å². The van der Waals surface area contributed by atoms with Gasteiger partial charge in [0.05, 0.1) is 11.1 Å². The first-order chi connectivity index (χ1) is 19.2. The maximum absolute atomic E-state index is 12.5. The first-order valence-corrected chi connectivity index (χ1v) is 13.8. The lowest BCUT2D eigenvalue weighted by Crippen LogP contribution is -2.19. The van der Waals surface area contributed by atoms with Crippen molar-refractivity contribution in [2.24, 2.45) is 0 Å². The average molecular weight is 556 g/mol. The van der Waals surface area contributed by atoms with E-state index in [1.165, 1.54) is 19.2 Å². The monoisotopic (exact) mass is 555 g/mol. The molecule has 0 radical (unpaired) electrons. The number of urea groups is 1. The van der Waals surface area contributed by atoms with Crippen LogP contribution >= 0.6 is 11.9 Å². The molecule has 11 nitrogen and oxygen atoms in total. The number of carbonyl (C=O) groups excluding carboxylic acids is 1. The molecule has 1 saturated carbocycles. The van der Waals surface area contributed by atoms with Crippen molar-refractivity contribution in [3.8, 4) is 16.9 Å². The van der Waals surface area contributed by atoms with E-state index in [0.29, 0.717) is 45.1 Å². The molecule has 12 heteroatoms. The first kappa shape index (κ1) is 25.7. The van der Waals surface area contributed by atoms with E-state index in [1.54, 1.807) is 34.8 Å². The lowest BCUT2D eigenvalue weighted by atomic mass is 9.93. The van der Waals surface area contributed by atoms with E-state index in [4.69, 9.17) is 15.4 Å². The molecule has 5 N–H and O–H groups in total. The van der Waals surface area contributed by atoms with Crippen LogP contribution in [0.2, 0.25) is 0 Å². The molecular formula is C28H29N9O2S. The molecule has 0 bridgehead atoms. The third kappa shape index (κ3) is 5.43. The van der Waals surface area contributed by atoms with Crippen LogP contribution in [0.5, 0.6) is 0 Å². The number of anilines is 4. The van der Waals surface area contributed by atoms with Gasteiger partial charge in [0, 0.05) is 33.7 Å². The topological polar surface area (TPSA) is 149 Å². The van der Waals surface area contributed by atoms with Crippen molar-refractivity contribution in [1.29, 1.82) is 0 Å². The maximum atomic E-state index is 12.5. The highest BCUT2D eigenvalue weighted by molar-refractivity contribution is 8.01. The zero-order chi connectivity index (χ0) is 27.9. The van der Waals surface area contributed by atoms with Gasteiger partial charge in [0.2, 0.25) is 0 Å². The van der Waals surface area contributed by atoms with Crippen LogP contribution in [0, 0.1) is 0 Å². The Labute approximate surface area is 235 Å². The molecule has 2 aromatic carbocycles. The first-order valence-electron chi connectivity index (χ1n) is 12.9. The Hall–Kier alpha value is -4.58. The number of nitrogens with one attached hydrogen (secondary N) is 3. The molecule has 6 rings (SSSR count). The van der Waals surface area contributed by atoms with Gasteiger partial charge in [0.25, 0.3) is 0 Å². The summed E-state index contributed by atoms with van der Waals surface area (Å²) in [5.74, 6) is 1.38. The summed E-state index contributed by atoms with van der Waals surface area (Å²) in [5, 5.41) is 15.7. The Morgan fingerprint density at radius 1 is 1.02 bits per heavy atom. The zero-order valence-electron chi connectivity index (χ0n) is 22.3. The van der Waals surface area contributed by atoms with Gasteiger partial charge in [0.1, 0.15) is 23.6 Å². The van der Waals surface area contributed by atoms with Crippen molar-refractivity contribution in [1.82, 2.24) is 24.9 Å². The van der Waals surface area contributed by atoms with Gasteiger partial charge in [-0.3, -0.25) is 5.32 Å². The molecular weight excluding hydrogens is 526 g/mol. The molecule has 204 valence electrons. The third-order valence-electron chi connectivity index (χ3n) is 6.38. The normalized spacial score (nSPS) is 13.4. The predicted molar refractivity (Wildman–Crippen MR) is 159 cm³/mol. The molecule has 1 aliphatic carbocycles. The molecule has 1 fully saturated rings. The Morgan fingerprint density at radius 2 is 1.75 bits per heavy atom. The van der Waals surface area contributed by atoms with Crippen LogP contribution < -0.4 is 21.1 Å². The fourth-order valence-electron chi connectivity index (χ4n) is 4.04. The van der Waals surface area contributed by atoms with Gasteiger partial charge in [-0.05, 0) is 61.2 Å². The molecule has 3 heterocycles. The minimum atomic E-state index is -0.428. The highest BCUT2D eigenvalue weighted by Crippen LogP contribution is 2.36. The van der Waals surface area contributed by atoms with Gasteiger partial charge in [-0.2, -0.15) is 5.10 Å². The van der Waals surface area contributed by atoms with E-state index in [9.17, 15) is 4.79 Å². The second-order valence-corrected chi connectivity index (χ2v) is 11.8. The Morgan fingerprint density at radius 3 is 2.42 bits per heavy atom. The largest absolute Gasteiger partial charge is 0.383 e. The van der Waals surface area contributed by atoms with Crippen molar-refractivity contribution >= 4 is 52.0 Å². The van der Waals surface area contributed by atoms with Crippen LogP contribution in [-0.4, -0.2) is 36.2 Å². The fourth-order valence-corrected chi connectivity index (χ4v) is 4.85. The van der Waals surface area contributed by atoms with Gasteiger partial charge in [-0.25, -0.2) is 19.4 Å². The van der Waals surface area contributed by atoms with Crippen molar-refractivity contribution in [2.75, 3.05) is 21.1 Å². The lowest BCUT2D eigenvalue weighted by molar-refractivity contribution is 0.262. The number of amides is 2. The summed E-state index contributed by atoms with van der Waals surface area (Å²) in [6, 6.07) is 16.6. The number of hydrogen-bond donors (Lipinski definition) is 4. The number of hydrogen-bond acceptors (Lipinski definition) is 9. The molecule has 5 aromatic rings. The van der Waals surface area contributed by atoms with Crippen LogP contribution in [0.25, 0.3) is 28.0 Å². The minimum Gasteiger partial charge on any atom is -0.383 e. The summed E-state index contributed by atoms with van der Waals surface area (Å²) in [7, 11) is 0. The molecule has 0 aliphatic heterocycles. The average Bonchev–Trinajstić information content (AvgIpc) is 3.49. The highest BCUT2D eigenvalue weighted by Gasteiger charge is 2.23. The number of nitrogen functional groups attached to an aromatic ring is 1. The smallest absolute Gasteiger partial charge is 0.324 e. The Kier molecular flexibility index (Phi) is 6.54. The molecule has 0 saturated heterocycles. The number of fused-ring (bicyclic) bond motifs is 1. The van der Waals surface area contributed by atoms with E-state index < -0.39 is 6.03 Å². The number of carbonyl (C=O) groups is 1. The predicted octanol–water partition coefficient (Wildman–Crippen LogP) is 6.22. The highest BCUT2D eigenvalue weighted by atomic mass is 32.2. The molecule has 3 aromatic heterocycles. The summed E-state index contributed by atoms with van der Waals surface area (Å²) in [6.07, 6.45) is 3.96. The van der Waals surface area contributed by atoms with E-state index in [2.05, 4.69) is 30.5 Å². The van der Waals surface area contributed by atoms with E-state index in [0.717, 1.165) is 16.9 Å². The number of aromatic nitrogens is 5. The van der Waals surface area contributed by atoms with Crippen molar-refractivity contribution in [3.63, 3.8) is 0 Å². The summed E-state index contributed by atoms with van der Waals surface area (Å²) in [6.45, 7) is 6.02. The van der Waals surface area contributed by atoms with Crippen molar-refractivity contribution in [3.05, 3.63) is 66.7 Å². The standard InChI is InChI=1S/C28H29N9O2S/c1-28(2,3)21-14-22(35-39-21)33-27(38)32-17-8-10-19(11-9-17)37-26-23(25(29)30-15-31-26)24(34-37)16-4-6-18(7-5-16)36-40-20-12-13-20/h4-11,14-15,20,36H,12-13H2,1-3H3,(H2,29,30,31)(H2,32,33,35,38). The zero-order valence-corrected chi connectivity index (χ0v) is 23.1. The van der Waals surface area contributed by atoms with Crippen LogP contribution in [-0.2, 0) is 5.41 Å². The van der Waals surface area contributed by atoms with Crippen LogP contribution in [0.4, 0.5) is 27.8 Å². The number of nitrogens with zero attached hydrogens (tertiary/aromatic N) is 5. The van der Waals surface area contributed by atoms with Gasteiger partial charge >= 0.3 is 6.03 Å². The third-order valence-corrected chi connectivity index (χ3v) is 7.54. The lowest BCUT2D eigenvalue weighted by Gasteiger charge is -2.12. The number of benzene rings is 2. The van der Waals surface area contributed by atoms with Crippen LogP contribution in [0.3, 0.4) is 0 Å². The molecule has 1 aliphatic rings. The van der Waals surface area contributed by atoms with Gasteiger partial charge in [-0.1, -0.05) is 38.1 Å². The molecule has 0 atom stereocenters. The van der Waals surface area contributed by atoms with E-state index >= 15 is 0 Å². The molecule has 2 amide bonds. The summed E-state index contributed by atoms with van der Waals surface area (Å²) in [5.41, 5.74) is 10.7. The van der Waals surface area contributed by atoms with Crippen LogP contribution in [0.1, 0.15) is 39.4 Å². The Balaban J connectivity index is 1.21. The number of nitrogens with two attached hydrogens (primary N) is 1. The minimum absolute atomic E-state index is 0.208. The molecule has 0 unspecified atom stereocenters. The van der Waals surface area contributed by atoms with E-state index in [1.807, 2.05) is 57.2 Å². The summed E-state index contributed by atoms with van der Waals surface area (Å²) in [4.78, 5) is 21.2. The molecule has 0 spiro atoms. The summed E-state index contributed by atoms with van der Waals surface area (Å²) < 4.78 is 10.5. The van der Waals surface area contributed by atoms with Crippen LogP contribution in [0.15, 0.2) is 65.4 Å². The fraction of sp³-hybridized carbons (Fsp3) is 0.250.